The molecular formula is C11H16N2O5S. The molecule has 2 rings (SSSR count). The van der Waals surface area contributed by atoms with Gasteiger partial charge in [0.1, 0.15) is 18.3 Å². The fourth-order valence-electron chi connectivity index (χ4n) is 2.17. The van der Waals surface area contributed by atoms with Crippen molar-refractivity contribution in [1.82, 2.24) is 9.55 Å². The zero-order valence-electron chi connectivity index (χ0n) is 10.6. The van der Waals surface area contributed by atoms with Crippen molar-refractivity contribution in [2.45, 2.75) is 24.5 Å². The maximum atomic E-state index is 11.1. The molecule has 1 saturated heterocycles. The minimum Gasteiger partial charge on any atom is -0.386 e. The summed E-state index contributed by atoms with van der Waals surface area (Å²) in [6, 6.07) is 1.32. The summed E-state index contributed by atoms with van der Waals surface area (Å²) in [5.74, 6) is 0. The molecule has 2 heterocycles. The van der Waals surface area contributed by atoms with E-state index in [0.717, 1.165) is 0 Å². The van der Waals surface area contributed by atoms with Gasteiger partial charge in [0.2, 0.25) is 0 Å². The number of methoxy groups -OCH3 is 2. The van der Waals surface area contributed by atoms with Crippen LogP contribution in [0.5, 0.6) is 0 Å². The van der Waals surface area contributed by atoms with Gasteiger partial charge in [-0.05, 0) is 12.2 Å². The molecule has 1 aliphatic heterocycles. The van der Waals surface area contributed by atoms with Crippen LogP contribution in [0.3, 0.4) is 0 Å². The SMILES string of the molecule is COC[C@H]1O[C@@H](n2ccc(=O)[nH]c2=S)[C@H](O)[C@@H]1OC. The van der Waals surface area contributed by atoms with Gasteiger partial charge in [0.25, 0.3) is 5.56 Å². The molecule has 0 spiro atoms. The monoisotopic (exact) mass is 288 g/mol. The quantitative estimate of drug-likeness (QED) is 0.748. The van der Waals surface area contributed by atoms with Crippen LogP contribution in [0.1, 0.15) is 6.23 Å². The third kappa shape index (κ3) is 2.77. The van der Waals surface area contributed by atoms with E-state index in [4.69, 9.17) is 26.4 Å². The number of hydrogen-bond acceptors (Lipinski definition) is 6. The highest BCUT2D eigenvalue weighted by molar-refractivity contribution is 7.71. The third-order valence-electron chi connectivity index (χ3n) is 3.04. The Morgan fingerprint density at radius 2 is 2.32 bits per heavy atom. The van der Waals surface area contributed by atoms with Crippen molar-refractivity contribution in [2.24, 2.45) is 0 Å². The number of aromatic nitrogens is 2. The van der Waals surface area contributed by atoms with Crippen molar-refractivity contribution in [1.29, 1.82) is 0 Å². The summed E-state index contributed by atoms with van der Waals surface area (Å²) < 4.78 is 17.6. The van der Waals surface area contributed by atoms with Crippen molar-refractivity contribution in [2.75, 3.05) is 20.8 Å². The number of hydrogen-bond donors (Lipinski definition) is 2. The second-order valence-electron chi connectivity index (χ2n) is 4.23. The summed E-state index contributed by atoms with van der Waals surface area (Å²) in [6.07, 6.45) is -1.04. The third-order valence-corrected chi connectivity index (χ3v) is 3.35. The second kappa shape index (κ2) is 5.93. The van der Waals surface area contributed by atoms with Gasteiger partial charge in [-0.1, -0.05) is 0 Å². The van der Waals surface area contributed by atoms with E-state index in [1.807, 2.05) is 0 Å². The Hall–Kier alpha value is -1.06. The van der Waals surface area contributed by atoms with Gasteiger partial charge in [0.05, 0.1) is 6.61 Å². The summed E-state index contributed by atoms with van der Waals surface area (Å²) in [6.45, 7) is 0.294. The molecule has 2 N–H and O–H groups in total. The van der Waals surface area contributed by atoms with Crippen molar-refractivity contribution in [3.8, 4) is 0 Å². The number of rotatable bonds is 4. The van der Waals surface area contributed by atoms with Crippen molar-refractivity contribution in [3.63, 3.8) is 0 Å². The average molecular weight is 288 g/mol. The Morgan fingerprint density at radius 1 is 1.58 bits per heavy atom. The van der Waals surface area contributed by atoms with E-state index in [1.54, 1.807) is 7.11 Å². The first-order chi connectivity index (χ1) is 9.08. The van der Waals surface area contributed by atoms with Crippen molar-refractivity contribution >= 4 is 12.2 Å². The van der Waals surface area contributed by atoms with E-state index in [0.29, 0.717) is 6.61 Å². The molecule has 19 heavy (non-hydrogen) atoms. The maximum absolute atomic E-state index is 11.1. The van der Waals surface area contributed by atoms with Crippen LogP contribution in [-0.4, -0.2) is 53.8 Å². The number of aliphatic hydroxyl groups is 1. The zero-order chi connectivity index (χ0) is 14.0. The molecule has 1 aliphatic rings. The Morgan fingerprint density at radius 3 is 2.89 bits per heavy atom. The van der Waals surface area contributed by atoms with Gasteiger partial charge < -0.3 is 19.3 Å². The first-order valence-electron chi connectivity index (χ1n) is 5.75. The normalized spacial score (nSPS) is 30.7. The topological polar surface area (TPSA) is 85.7 Å². The summed E-state index contributed by atoms with van der Waals surface area (Å²) in [4.78, 5) is 13.6. The molecule has 0 radical (unpaired) electrons. The molecule has 8 heteroatoms. The molecule has 0 unspecified atom stereocenters. The van der Waals surface area contributed by atoms with Crippen molar-refractivity contribution < 1.29 is 19.3 Å². The van der Waals surface area contributed by atoms with E-state index >= 15 is 0 Å². The molecule has 1 aromatic rings. The lowest BCUT2D eigenvalue weighted by molar-refractivity contribution is -0.0634. The zero-order valence-corrected chi connectivity index (χ0v) is 11.4. The molecule has 0 saturated carbocycles. The van der Waals surface area contributed by atoms with Crippen molar-refractivity contribution in [3.05, 3.63) is 27.4 Å². The number of nitrogens with zero attached hydrogens (tertiary/aromatic N) is 1. The van der Waals surface area contributed by atoms with Gasteiger partial charge in [0, 0.05) is 26.5 Å². The number of nitrogens with one attached hydrogen (secondary N) is 1. The summed E-state index contributed by atoms with van der Waals surface area (Å²) in [5, 5.41) is 10.2. The van der Waals surface area contributed by atoms with Crippen LogP contribution in [0.15, 0.2) is 17.1 Å². The van der Waals surface area contributed by atoms with Crippen LogP contribution < -0.4 is 5.56 Å². The van der Waals surface area contributed by atoms with Crippen LogP contribution in [-0.2, 0) is 14.2 Å². The molecule has 0 aromatic carbocycles. The lowest BCUT2D eigenvalue weighted by Gasteiger charge is -2.18. The van der Waals surface area contributed by atoms with E-state index < -0.39 is 24.5 Å². The van der Waals surface area contributed by atoms with Crippen LogP contribution in [0.2, 0.25) is 0 Å². The Bertz CT molecular complexity index is 542. The van der Waals surface area contributed by atoms with Gasteiger partial charge in [-0.15, -0.1) is 0 Å². The second-order valence-corrected chi connectivity index (χ2v) is 4.62. The maximum Gasteiger partial charge on any atom is 0.251 e. The summed E-state index contributed by atoms with van der Waals surface area (Å²) in [5.41, 5.74) is -0.300. The van der Waals surface area contributed by atoms with Crippen LogP contribution in [0.4, 0.5) is 0 Å². The fourth-order valence-corrected chi connectivity index (χ4v) is 2.43. The van der Waals surface area contributed by atoms with E-state index in [1.165, 1.54) is 23.9 Å². The van der Waals surface area contributed by atoms with E-state index in [9.17, 15) is 9.90 Å². The minimum absolute atomic E-state index is 0.185. The predicted molar refractivity (Wildman–Crippen MR) is 68.5 cm³/mol. The predicted octanol–water partition coefficient (Wildman–Crippen LogP) is -0.174. The molecule has 106 valence electrons. The van der Waals surface area contributed by atoms with Gasteiger partial charge in [0.15, 0.2) is 11.0 Å². The highest BCUT2D eigenvalue weighted by Gasteiger charge is 2.44. The van der Waals surface area contributed by atoms with Crippen LogP contribution in [0.25, 0.3) is 0 Å². The first-order valence-corrected chi connectivity index (χ1v) is 6.16. The van der Waals surface area contributed by atoms with E-state index in [2.05, 4.69) is 4.98 Å². The van der Waals surface area contributed by atoms with Crippen LogP contribution in [0, 0.1) is 4.77 Å². The van der Waals surface area contributed by atoms with Gasteiger partial charge in [-0.3, -0.25) is 14.3 Å². The minimum atomic E-state index is -0.900. The molecule has 0 amide bonds. The molecule has 0 aliphatic carbocycles. The largest absolute Gasteiger partial charge is 0.386 e. The highest BCUT2D eigenvalue weighted by Crippen LogP contribution is 2.31. The molecule has 1 fully saturated rings. The van der Waals surface area contributed by atoms with Crippen LogP contribution >= 0.6 is 12.2 Å². The fraction of sp³-hybridized carbons (Fsp3) is 0.636. The number of H-pyrrole nitrogens is 1. The number of ether oxygens (including phenoxy) is 3. The lowest BCUT2D eigenvalue weighted by Crippen LogP contribution is -2.35. The summed E-state index contributed by atoms with van der Waals surface area (Å²) >= 11 is 5.05. The molecule has 0 bridgehead atoms. The average Bonchev–Trinajstić information content (AvgIpc) is 2.66. The molecule has 7 nitrogen and oxygen atoms in total. The first kappa shape index (κ1) is 14.4. The Labute approximate surface area is 114 Å². The molecule has 1 aromatic heterocycles. The smallest absolute Gasteiger partial charge is 0.251 e. The molecular weight excluding hydrogens is 272 g/mol. The standard InChI is InChI=1S/C11H16N2O5S/c1-16-5-6-9(17-2)8(15)10(18-6)13-4-3-7(14)12-11(13)19/h3-4,6,8-10,15H,5H2,1-2H3,(H,12,14,19)/t6-,8-,9-,10-/m1/s1. The number of aliphatic hydroxyl groups excluding tert-OH is 1. The lowest BCUT2D eigenvalue weighted by atomic mass is 10.1. The van der Waals surface area contributed by atoms with Gasteiger partial charge >= 0.3 is 0 Å². The van der Waals surface area contributed by atoms with Gasteiger partial charge in [-0.25, -0.2) is 0 Å². The Kier molecular flexibility index (Phi) is 4.48. The molecule has 4 atom stereocenters. The van der Waals surface area contributed by atoms with Gasteiger partial charge in [-0.2, -0.15) is 0 Å². The number of aromatic amines is 1. The Balaban J connectivity index is 2.30. The summed E-state index contributed by atoms with van der Waals surface area (Å²) in [7, 11) is 3.04. The van der Waals surface area contributed by atoms with E-state index in [-0.39, 0.29) is 10.3 Å². The highest BCUT2D eigenvalue weighted by atomic mass is 32.1.